The molecule has 0 spiro atoms. The van der Waals surface area contributed by atoms with Crippen LogP contribution in [0.4, 0.5) is 0 Å². The van der Waals surface area contributed by atoms with Crippen molar-refractivity contribution in [2.75, 3.05) is 21.3 Å². The summed E-state index contributed by atoms with van der Waals surface area (Å²) in [5.41, 5.74) is 1.46. The van der Waals surface area contributed by atoms with E-state index in [1.54, 1.807) is 21.3 Å². The third kappa shape index (κ3) is 4.63. The number of hydrogen-bond donors (Lipinski definition) is 1. The molecule has 0 aromatic heterocycles. The summed E-state index contributed by atoms with van der Waals surface area (Å²) in [6, 6.07) is 12.6. The van der Waals surface area contributed by atoms with Gasteiger partial charge in [0.15, 0.2) is 11.5 Å². The number of benzene rings is 2. The lowest BCUT2D eigenvalue weighted by molar-refractivity contribution is -0.125. The maximum absolute atomic E-state index is 13.4. The van der Waals surface area contributed by atoms with Gasteiger partial charge in [-0.1, -0.05) is 31.0 Å². The van der Waals surface area contributed by atoms with Gasteiger partial charge in [0.25, 0.3) is 5.91 Å². The van der Waals surface area contributed by atoms with Crippen molar-refractivity contribution in [1.82, 2.24) is 10.2 Å². The van der Waals surface area contributed by atoms with Crippen LogP contribution < -0.4 is 19.5 Å². The van der Waals surface area contributed by atoms with Gasteiger partial charge in [0, 0.05) is 18.2 Å². The van der Waals surface area contributed by atoms with E-state index >= 15 is 0 Å². The fourth-order valence-corrected chi connectivity index (χ4v) is 5.26. The maximum Gasteiger partial charge on any atom is 0.254 e. The second-order valence-corrected chi connectivity index (χ2v) is 8.69. The van der Waals surface area contributed by atoms with Crippen LogP contribution >= 0.6 is 0 Å². The van der Waals surface area contributed by atoms with Crippen LogP contribution in [0.1, 0.15) is 48.0 Å². The number of ether oxygens (including phenoxy) is 3. The number of nitrogens with zero attached hydrogens (tertiary/aromatic N) is 1. The van der Waals surface area contributed by atoms with E-state index in [9.17, 15) is 9.59 Å². The van der Waals surface area contributed by atoms with E-state index in [2.05, 4.69) is 5.32 Å². The number of nitrogens with one attached hydrogen (secondary N) is 1. The molecule has 1 N–H and O–H groups in total. The van der Waals surface area contributed by atoms with E-state index in [1.807, 2.05) is 47.4 Å². The van der Waals surface area contributed by atoms with E-state index in [1.165, 1.54) is 0 Å². The SMILES string of the molecule is COc1cc(CNC(=O)C2CC3CCCCC3N2C(=O)c2ccccc2)cc(OC)c1OC. The van der Waals surface area contributed by atoms with Crippen LogP contribution in [0.3, 0.4) is 0 Å². The Morgan fingerprint density at radius 3 is 2.27 bits per heavy atom. The fraction of sp³-hybridized carbons (Fsp3) is 0.462. The van der Waals surface area contributed by atoms with Gasteiger partial charge in [0.05, 0.1) is 21.3 Å². The van der Waals surface area contributed by atoms with Crippen molar-refractivity contribution in [2.45, 2.75) is 50.7 Å². The van der Waals surface area contributed by atoms with Crippen molar-refractivity contribution in [2.24, 2.45) is 5.92 Å². The minimum atomic E-state index is -0.465. The zero-order valence-corrected chi connectivity index (χ0v) is 19.5. The minimum Gasteiger partial charge on any atom is -0.493 e. The molecule has 0 bridgehead atoms. The summed E-state index contributed by atoms with van der Waals surface area (Å²) in [7, 11) is 4.68. The summed E-state index contributed by atoms with van der Waals surface area (Å²) in [5, 5.41) is 3.04. The van der Waals surface area contributed by atoms with E-state index in [4.69, 9.17) is 14.2 Å². The minimum absolute atomic E-state index is 0.0575. The quantitative estimate of drug-likeness (QED) is 0.692. The summed E-state index contributed by atoms with van der Waals surface area (Å²) >= 11 is 0. The van der Waals surface area contributed by atoms with Gasteiger partial charge in [-0.25, -0.2) is 0 Å². The number of likely N-dealkylation sites (tertiary alicyclic amines) is 1. The van der Waals surface area contributed by atoms with E-state index in [0.717, 1.165) is 31.2 Å². The average molecular weight is 453 g/mol. The van der Waals surface area contributed by atoms with Gasteiger partial charge >= 0.3 is 0 Å². The van der Waals surface area contributed by atoms with Gasteiger partial charge in [-0.3, -0.25) is 9.59 Å². The standard InChI is InChI=1S/C26H32N2O5/c1-31-22-13-17(14-23(32-2)24(22)33-3)16-27-25(29)21-15-19-11-7-8-12-20(19)28(21)26(30)18-9-5-4-6-10-18/h4-6,9-10,13-14,19-21H,7-8,11-12,15-16H2,1-3H3,(H,27,29). The molecule has 7 heteroatoms. The molecule has 2 fully saturated rings. The Balaban J connectivity index is 1.53. The Morgan fingerprint density at radius 1 is 0.970 bits per heavy atom. The molecular weight excluding hydrogens is 420 g/mol. The zero-order valence-electron chi connectivity index (χ0n) is 19.5. The Kier molecular flexibility index (Phi) is 7.06. The number of methoxy groups -OCH3 is 3. The highest BCUT2D eigenvalue weighted by Gasteiger charge is 2.47. The van der Waals surface area contributed by atoms with E-state index in [-0.39, 0.29) is 17.9 Å². The van der Waals surface area contributed by atoms with Crippen molar-refractivity contribution < 1.29 is 23.8 Å². The number of carbonyl (C=O) groups is 2. The van der Waals surface area contributed by atoms with Crippen LogP contribution in [0, 0.1) is 5.92 Å². The van der Waals surface area contributed by atoms with Crippen molar-refractivity contribution in [3.8, 4) is 17.2 Å². The third-order valence-corrected chi connectivity index (χ3v) is 6.84. The molecule has 1 aliphatic heterocycles. The number of carbonyl (C=O) groups excluding carboxylic acids is 2. The summed E-state index contributed by atoms with van der Waals surface area (Å²) < 4.78 is 16.2. The van der Waals surface area contributed by atoms with Crippen LogP contribution in [-0.4, -0.2) is 50.1 Å². The molecule has 2 aromatic rings. The fourth-order valence-electron chi connectivity index (χ4n) is 5.26. The van der Waals surface area contributed by atoms with Crippen molar-refractivity contribution in [3.63, 3.8) is 0 Å². The molecule has 1 heterocycles. The van der Waals surface area contributed by atoms with Gasteiger partial charge in [0.2, 0.25) is 11.7 Å². The Bertz CT molecular complexity index is 968. The molecule has 3 atom stereocenters. The lowest BCUT2D eigenvalue weighted by atomic mass is 9.84. The first-order valence-corrected chi connectivity index (χ1v) is 11.5. The second-order valence-electron chi connectivity index (χ2n) is 8.69. The van der Waals surface area contributed by atoms with Crippen molar-refractivity contribution >= 4 is 11.8 Å². The zero-order chi connectivity index (χ0) is 23.4. The summed E-state index contributed by atoms with van der Waals surface area (Å²) in [6.07, 6.45) is 5.00. The highest BCUT2D eigenvalue weighted by atomic mass is 16.5. The van der Waals surface area contributed by atoms with Gasteiger partial charge in [-0.15, -0.1) is 0 Å². The van der Waals surface area contributed by atoms with Crippen LogP contribution in [0.15, 0.2) is 42.5 Å². The summed E-state index contributed by atoms with van der Waals surface area (Å²) in [5.74, 6) is 1.78. The van der Waals surface area contributed by atoms with Crippen LogP contribution in [-0.2, 0) is 11.3 Å². The second kappa shape index (κ2) is 10.1. The van der Waals surface area contributed by atoms with Gasteiger partial charge < -0.3 is 24.4 Å². The molecule has 2 amide bonds. The number of rotatable bonds is 7. The smallest absolute Gasteiger partial charge is 0.254 e. The molecule has 33 heavy (non-hydrogen) atoms. The normalized spacial score (nSPS) is 21.8. The van der Waals surface area contributed by atoms with Crippen LogP contribution in [0.5, 0.6) is 17.2 Å². The van der Waals surface area contributed by atoms with Gasteiger partial charge in [-0.2, -0.15) is 0 Å². The molecule has 2 aliphatic rings. The summed E-state index contributed by atoms with van der Waals surface area (Å²) in [4.78, 5) is 28.6. The molecule has 2 aromatic carbocycles. The molecule has 1 saturated carbocycles. The highest BCUT2D eigenvalue weighted by molar-refractivity contribution is 5.98. The Hall–Kier alpha value is -3.22. The monoisotopic (exact) mass is 452 g/mol. The van der Waals surface area contributed by atoms with Gasteiger partial charge in [0.1, 0.15) is 6.04 Å². The first kappa shape index (κ1) is 23.0. The first-order chi connectivity index (χ1) is 16.1. The molecule has 1 aliphatic carbocycles. The van der Waals surface area contributed by atoms with Gasteiger partial charge in [-0.05, 0) is 55.0 Å². The van der Waals surface area contributed by atoms with E-state index in [0.29, 0.717) is 41.7 Å². The van der Waals surface area contributed by atoms with Crippen LogP contribution in [0.2, 0.25) is 0 Å². The predicted octanol–water partition coefficient (Wildman–Crippen LogP) is 3.80. The molecular formula is C26H32N2O5. The summed E-state index contributed by atoms with van der Waals surface area (Å²) in [6.45, 7) is 0.300. The topological polar surface area (TPSA) is 77.1 Å². The highest BCUT2D eigenvalue weighted by Crippen LogP contribution is 2.41. The first-order valence-electron chi connectivity index (χ1n) is 11.5. The molecule has 3 unspecified atom stereocenters. The third-order valence-electron chi connectivity index (χ3n) is 6.84. The van der Waals surface area contributed by atoms with E-state index < -0.39 is 6.04 Å². The average Bonchev–Trinajstić information content (AvgIpc) is 3.26. The number of fused-ring (bicyclic) bond motifs is 1. The lowest BCUT2D eigenvalue weighted by Crippen LogP contribution is -2.49. The molecule has 7 nitrogen and oxygen atoms in total. The Morgan fingerprint density at radius 2 is 1.64 bits per heavy atom. The maximum atomic E-state index is 13.4. The number of hydrogen-bond acceptors (Lipinski definition) is 5. The predicted molar refractivity (Wildman–Crippen MR) is 125 cm³/mol. The molecule has 0 radical (unpaired) electrons. The molecule has 1 saturated heterocycles. The molecule has 4 rings (SSSR count). The van der Waals surface area contributed by atoms with Crippen molar-refractivity contribution in [1.29, 1.82) is 0 Å². The largest absolute Gasteiger partial charge is 0.493 e. The van der Waals surface area contributed by atoms with Crippen LogP contribution in [0.25, 0.3) is 0 Å². The van der Waals surface area contributed by atoms with Crippen molar-refractivity contribution in [3.05, 3.63) is 53.6 Å². The number of amides is 2. The Labute approximate surface area is 195 Å². The lowest BCUT2D eigenvalue weighted by Gasteiger charge is -2.33. The molecule has 176 valence electrons.